The van der Waals surface area contributed by atoms with Gasteiger partial charge in [-0.2, -0.15) is 0 Å². The lowest BCUT2D eigenvalue weighted by Gasteiger charge is -2.41. The Morgan fingerprint density at radius 2 is 1.76 bits per heavy atom. The first-order valence-electron chi connectivity index (χ1n) is 8.77. The van der Waals surface area contributed by atoms with Crippen LogP contribution in [0, 0.1) is 11.8 Å². The first kappa shape index (κ1) is 18.9. The summed E-state index contributed by atoms with van der Waals surface area (Å²) in [6, 6.07) is 0. The molecule has 0 aromatic heterocycles. The first-order valence-corrected chi connectivity index (χ1v) is 8.77. The highest BCUT2D eigenvalue weighted by molar-refractivity contribution is 4.90. The van der Waals surface area contributed by atoms with Crippen molar-refractivity contribution in [1.29, 1.82) is 0 Å². The Labute approximate surface area is 132 Å². The fourth-order valence-electron chi connectivity index (χ4n) is 3.16. The first-order chi connectivity index (χ1) is 9.78. The van der Waals surface area contributed by atoms with Crippen molar-refractivity contribution in [3.05, 3.63) is 0 Å². The molecule has 0 aliphatic heterocycles. The maximum absolute atomic E-state index is 6.31. The van der Waals surface area contributed by atoms with Gasteiger partial charge in [0.2, 0.25) is 0 Å². The molecule has 0 aromatic rings. The van der Waals surface area contributed by atoms with E-state index < -0.39 is 0 Å². The third-order valence-corrected chi connectivity index (χ3v) is 4.61. The van der Waals surface area contributed by atoms with Crippen molar-refractivity contribution >= 4 is 0 Å². The SMILES string of the molecule is CCNCC1(OCCOC(C)(C)C)CCC(C(C)C)CC1. The van der Waals surface area contributed by atoms with Crippen LogP contribution in [0.5, 0.6) is 0 Å². The van der Waals surface area contributed by atoms with Crippen LogP contribution in [-0.4, -0.2) is 37.5 Å². The molecule has 1 aliphatic rings. The molecule has 3 nitrogen and oxygen atoms in total. The summed E-state index contributed by atoms with van der Waals surface area (Å²) >= 11 is 0. The molecule has 0 unspecified atom stereocenters. The highest BCUT2D eigenvalue weighted by atomic mass is 16.5. The summed E-state index contributed by atoms with van der Waals surface area (Å²) in [5.74, 6) is 1.67. The minimum Gasteiger partial charge on any atom is -0.373 e. The van der Waals surface area contributed by atoms with Gasteiger partial charge >= 0.3 is 0 Å². The largest absolute Gasteiger partial charge is 0.373 e. The van der Waals surface area contributed by atoms with Gasteiger partial charge in [-0.05, 0) is 64.8 Å². The fourth-order valence-corrected chi connectivity index (χ4v) is 3.16. The second kappa shape index (κ2) is 8.50. The van der Waals surface area contributed by atoms with Crippen LogP contribution in [0.15, 0.2) is 0 Å². The van der Waals surface area contributed by atoms with Gasteiger partial charge in [-0.15, -0.1) is 0 Å². The molecule has 0 radical (unpaired) electrons. The zero-order chi connectivity index (χ0) is 15.9. The van der Waals surface area contributed by atoms with Gasteiger partial charge in [0.15, 0.2) is 0 Å². The Morgan fingerprint density at radius 1 is 1.14 bits per heavy atom. The van der Waals surface area contributed by atoms with E-state index in [1.165, 1.54) is 25.7 Å². The van der Waals surface area contributed by atoms with Crippen molar-refractivity contribution in [3.63, 3.8) is 0 Å². The molecule has 1 aliphatic carbocycles. The zero-order valence-corrected chi connectivity index (χ0v) is 15.1. The van der Waals surface area contributed by atoms with Crippen molar-refractivity contribution in [2.75, 3.05) is 26.3 Å². The predicted octanol–water partition coefficient (Wildman–Crippen LogP) is 4.01. The summed E-state index contributed by atoms with van der Waals surface area (Å²) < 4.78 is 12.1. The van der Waals surface area contributed by atoms with Crippen molar-refractivity contribution in [2.45, 2.75) is 78.4 Å². The van der Waals surface area contributed by atoms with Gasteiger partial charge in [-0.25, -0.2) is 0 Å². The molecule has 0 bridgehead atoms. The zero-order valence-electron chi connectivity index (χ0n) is 15.1. The van der Waals surface area contributed by atoms with E-state index in [4.69, 9.17) is 9.47 Å². The van der Waals surface area contributed by atoms with Crippen LogP contribution in [0.2, 0.25) is 0 Å². The van der Waals surface area contributed by atoms with Crippen LogP contribution in [0.3, 0.4) is 0 Å². The van der Waals surface area contributed by atoms with Crippen LogP contribution in [0.25, 0.3) is 0 Å². The molecule has 3 heteroatoms. The topological polar surface area (TPSA) is 30.5 Å². The lowest BCUT2D eigenvalue weighted by atomic mass is 9.74. The molecular formula is C18H37NO2. The highest BCUT2D eigenvalue weighted by Gasteiger charge is 2.36. The second-order valence-corrected chi connectivity index (χ2v) is 7.85. The predicted molar refractivity (Wildman–Crippen MR) is 89.7 cm³/mol. The van der Waals surface area contributed by atoms with Crippen LogP contribution in [-0.2, 0) is 9.47 Å². The van der Waals surface area contributed by atoms with E-state index in [1.807, 2.05) is 0 Å². The van der Waals surface area contributed by atoms with Crippen LogP contribution in [0.4, 0.5) is 0 Å². The average molecular weight is 299 g/mol. The third kappa shape index (κ3) is 7.12. The minimum atomic E-state index is -0.0759. The van der Waals surface area contributed by atoms with Gasteiger partial charge in [0.05, 0.1) is 24.4 Å². The fraction of sp³-hybridized carbons (Fsp3) is 1.00. The summed E-state index contributed by atoms with van der Waals surface area (Å²) in [5.41, 5.74) is -0.0455. The van der Waals surface area contributed by atoms with E-state index in [9.17, 15) is 0 Å². The van der Waals surface area contributed by atoms with Gasteiger partial charge in [0.1, 0.15) is 0 Å². The maximum Gasteiger partial charge on any atom is 0.0807 e. The molecule has 0 spiro atoms. The number of likely N-dealkylation sites (N-methyl/N-ethyl adjacent to an activating group) is 1. The summed E-state index contributed by atoms with van der Waals surface area (Å²) in [4.78, 5) is 0. The van der Waals surface area contributed by atoms with Gasteiger partial charge in [-0.1, -0.05) is 20.8 Å². The van der Waals surface area contributed by atoms with Crippen molar-refractivity contribution in [3.8, 4) is 0 Å². The Bertz CT molecular complexity index is 275. The lowest BCUT2D eigenvalue weighted by Crippen LogP contribution is -2.47. The van der Waals surface area contributed by atoms with E-state index in [2.05, 4.69) is 46.9 Å². The number of hydrogen-bond acceptors (Lipinski definition) is 3. The van der Waals surface area contributed by atoms with Crippen molar-refractivity contribution in [2.24, 2.45) is 11.8 Å². The molecule has 1 N–H and O–H groups in total. The summed E-state index contributed by atoms with van der Waals surface area (Å²) in [6.07, 6.45) is 4.95. The normalized spacial score (nSPS) is 27.3. The number of hydrogen-bond donors (Lipinski definition) is 1. The molecule has 126 valence electrons. The van der Waals surface area contributed by atoms with Gasteiger partial charge in [-0.3, -0.25) is 0 Å². The van der Waals surface area contributed by atoms with Crippen molar-refractivity contribution in [1.82, 2.24) is 5.32 Å². The number of ether oxygens (including phenoxy) is 2. The maximum atomic E-state index is 6.31. The van der Waals surface area contributed by atoms with E-state index in [0.29, 0.717) is 13.2 Å². The van der Waals surface area contributed by atoms with E-state index in [-0.39, 0.29) is 11.2 Å². The molecular weight excluding hydrogens is 262 g/mol. The van der Waals surface area contributed by atoms with E-state index >= 15 is 0 Å². The van der Waals surface area contributed by atoms with E-state index in [1.54, 1.807) is 0 Å². The number of nitrogens with one attached hydrogen (secondary N) is 1. The summed E-state index contributed by atoms with van der Waals surface area (Å²) in [6.45, 7) is 16.5. The molecule has 0 aromatic carbocycles. The minimum absolute atomic E-state index is 0.0304. The Kier molecular flexibility index (Phi) is 7.66. The monoisotopic (exact) mass is 299 g/mol. The molecule has 1 fully saturated rings. The van der Waals surface area contributed by atoms with Crippen LogP contribution in [0.1, 0.15) is 67.2 Å². The summed E-state index contributed by atoms with van der Waals surface area (Å²) in [5, 5.41) is 3.49. The van der Waals surface area contributed by atoms with Crippen LogP contribution >= 0.6 is 0 Å². The van der Waals surface area contributed by atoms with E-state index in [0.717, 1.165) is 24.9 Å². The van der Waals surface area contributed by atoms with Gasteiger partial charge in [0.25, 0.3) is 0 Å². The Balaban J connectivity index is 2.44. The smallest absolute Gasteiger partial charge is 0.0807 e. The van der Waals surface area contributed by atoms with Crippen molar-refractivity contribution < 1.29 is 9.47 Å². The van der Waals surface area contributed by atoms with Gasteiger partial charge in [0, 0.05) is 6.54 Å². The highest BCUT2D eigenvalue weighted by Crippen LogP contribution is 2.37. The quantitative estimate of drug-likeness (QED) is 0.687. The average Bonchev–Trinajstić information content (AvgIpc) is 2.41. The van der Waals surface area contributed by atoms with Gasteiger partial charge < -0.3 is 14.8 Å². The molecule has 1 saturated carbocycles. The lowest BCUT2D eigenvalue weighted by molar-refractivity contribution is -0.111. The molecule has 0 atom stereocenters. The molecule has 21 heavy (non-hydrogen) atoms. The standard InChI is InChI=1S/C18H37NO2/c1-7-19-14-18(21-13-12-20-17(4,5)6)10-8-16(9-11-18)15(2)3/h15-16,19H,7-14H2,1-6H3. The second-order valence-electron chi connectivity index (χ2n) is 7.85. The molecule has 0 amide bonds. The molecule has 1 rings (SSSR count). The third-order valence-electron chi connectivity index (χ3n) is 4.61. The summed E-state index contributed by atoms with van der Waals surface area (Å²) in [7, 11) is 0. The van der Waals surface area contributed by atoms with Crippen LogP contribution < -0.4 is 5.32 Å². The molecule has 0 heterocycles. The molecule has 0 saturated heterocycles. The Hall–Kier alpha value is -0.120. The Morgan fingerprint density at radius 3 is 2.24 bits per heavy atom. The number of rotatable bonds is 8.